The number of fused-ring (bicyclic) bond motifs is 1. The Labute approximate surface area is 196 Å². The van der Waals surface area contributed by atoms with Gasteiger partial charge in [0.1, 0.15) is 12.3 Å². The number of allylic oxidation sites excluding steroid dienone is 1. The van der Waals surface area contributed by atoms with Crippen molar-refractivity contribution >= 4 is 39.7 Å². The molecule has 182 valence electrons. The van der Waals surface area contributed by atoms with E-state index in [1.54, 1.807) is 17.0 Å². The van der Waals surface area contributed by atoms with Crippen LogP contribution in [0.1, 0.15) is 25.5 Å². The van der Waals surface area contributed by atoms with Crippen molar-refractivity contribution in [2.45, 2.75) is 77.0 Å². The number of nitrogens with zero attached hydrogens (tertiary/aromatic N) is 3. The first kappa shape index (κ1) is 25.5. The fraction of sp³-hybridized carbons (Fsp3) is 0.619. The lowest BCUT2D eigenvalue weighted by Crippen LogP contribution is -2.40. The van der Waals surface area contributed by atoms with Gasteiger partial charge >= 0.3 is 0 Å². The van der Waals surface area contributed by atoms with Crippen LogP contribution in [0.2, 0.25) is 39.3 Å². The molecule has 0 spiro atoms. The number of aromatic amines is 1. The molecule has 1 amide bonds. The Hall–Kier alpha value is -2.13. The summed E-state index contributed by atoms with van der Waals surface area (Å²) in [7, 11) is -3.56. The number of anilines is 1. The number of nitrogens with one attached hydrogen (secondary N) is 2. The minimum Gasteiger partial charge on any atom is -0.415 e. The van der Waals surface area contributed by atoms with Crippen LogP contribution in [-0.2, 0) is 18.4 Å². The number of carbonyl (C=O) groups is 1. The molecule has 1 saturated heterocycles. The number of imidazole rings is 1. The van der Waals surface area contributed by atoms with Gasteiger partial charge in [0, 0.05) is 12.8 Å². The van der Waals surface area contributed by atoms with Crippen molar-refractivity contribution in [2.24, 2.45) is 0 Å². The van der Waals surface area contributed by atoms with Gasteiger partial charge in [0.2, 0.25) is 11.9 Å². The molecular formula is C21H35N5O5Si2. The quantitative estimate of drug-likeness (QED) is 0.384. The summed E-state index contributed by atoms with van der Waals surface area (Å²) in [6, 6.07) is 0. The van der Waals surface area contributed by atoms with Crippen LogP contribution >= 0.6 is 0 Å². The van der Waals surface area contributed by atoms with Crippen molar-refractivity contribution < 1.29 is 18.4 Å². The van der Waals surface area contributed by atoms with Crippen molar-refractivity contribution in [1.29, 1.82) is 0 Å². The Morgan fingerprint density at radius 1 is 1.33 bits per heavy atom. The topological polar surface area (TPSA) is 120 Å². The molecule has 0 radical (unpaired) electrons. The molecule has 1 fully saturated rings. The second-order valence-corrected chi connectivity index (χ2v) is 19.1. The second kappa shape index (κ2) is 10.0. The average molecular weight is 494 g/mol. The minimum atomic E-state index is -1.83. The van der Waals surface area contributed by atoms with Crippen LogP contribution in [0.5, 0.6) is 0 Å². The molecule has 2 aromatic rings. The molecule has 1 aliphatic rings. The summed E-state index contributed by atoms with van der Waals surface area (Å²) in [5.74, 6) is -0.178. The van der Waals surface area contributed by atoms with Crippen LogP contribution in [0.25, 0.3) is 11.2 Å². The van der Waals surface area contributed by atoms with Crippen LogP contribution in [-0.4, -0.2) is 60.9 Å². The third kappa shape index (κ3) is 6.93. The Kier molecular flexibility index (Phi) is 7.74. The highest BCUT2D eigenvalue weighted by molar-refractivity contribution is 6.70. The van der Waals surface area contributed by atoms with E-state index in [2.05, 4.69) is 66.1 Å². The zero-order valence-electron chi connectivity index (χ0n) is 20.3. The van der Waals surface area contributed by atoms with Crippen LogP contribution in [0, 0.1) is 0 Å². The molecule has 0 unspecified atom stereocenters. The van der Waals surface area contributed by atoms with E-state index in [9.17, 15) is 9.59 Å². The molecule has 0 bridgehead atoms. The van der Waals surface area contributed by atoms with Gasteiger partial charge in [0.05, 0.1) is 19.0 Å². The fourth-order valence-electron chi connectivity index (χ4n) is 3.56. The molecule has 3 heterocycles. The van der Waals surface area contributed by atoms with E-state index in [0.717, 1.165) is 0 Å². The lowest BCUT2D eigenvalue weighted by Gasteiger charge is -2.28. The number of ether oxygens (including phenoxy) is 1. The van der Waals surface area contributed by atoms with Crippen molar-refractivity contribution in [3.8, 4) is 0 Å². The largest absolute Gasteiger partial charge is 0.415 e. The van der Waals surface area contributed by atoms with Crippen LogP contribution in [0.3, 0.4) is 0 Å². The highest BCUT2D eigenvalue weighted by atomic mass is 28.4. The first-order valence-corrected chi connectivity index (χ1v) is 18.0. The van der Waals surface area contributed by atoms with E-state index in [4.69, 9.17) is 13.6 Å². The molecule has 1 aliphatic heterocycles. The molecule has 2 aromatic heterocycles. The van der Waals surface area contributed by atoms with E-state index in [1.165, 1.54) is 0 Å². The number of H-pyrrole nitrogens is 1. The molecule has 0 saturated carbocycles. The van der Waals surface area contributed by atoms with Crippen LogP contribution in [0.4, 0.5) is 5.95 Å². The first-order chi connectivity index (χ1) is 15.4. The maximum absolute atomic E-state index is 12.5. The SMILES string of the molecule is C=CCCC(=O)Nc1nc2c(ncn2[C@H]2C[C@H](O[Si](C)(C)C)[C@@H](CO[Si](C)(C)C)O2)c(=O)[nH]1. The van der Waals surface area contributed by atoms with Gasteiger partial charge in [-0.05, 0) is 45.7 Å². The van der Waals surface area contributed by atoms with Crippen molar-refractivity contribution in [3.63, 3.8) is 0 Å². The summed E-state index contributed by atoms with van der Waals surface area (Å²) < 4.78 is 20.6. The summed E-state index contributed by atoms with van der Waals surface area (Å²) in [6.45, 7) is 16.9. The van der Waals surface area contributed by atoms with E-state index < -0.39 is 28.4 Å². The highest BCUT2D eigenvalue weighted by Crippen LogP contribution is 2.34. The lowest BCUT2D eigenvalue weighted by atomic mass is 10.2. The highest BCUT2D eigenvalue weighted by Gasteiger charge is 2.40. The lowest BCUT2D eigenvalue weighted by molar-refractivity contribution is -0.116. The molecule has 0 aromatic carbocycles. The smallest absolute Gasteiger partial charge is 0.280 e. The van der Waals surface area contributed by atoms with Crippen molar-refractivity contribution in [2.75, 3.05) is 11.9 Å². The predicted molar refractivity (Wildman–Crippen MR) is 132 cm³/mol. The number of amides is 1. The zero-order chi connectivity index (χ0) is 24.4. The summed E-state index contributed by atoms with van der Waals surface area (Å²) in [5, 5.41) is 2.63. The van der Waals surface area contributed by atoms with Gasteiger partial charge in [0.25, 0.3) is 5.56 Å². The minimum absolute atomic E-state index is 0.0785. The standard InChI is InChI=1S/C21H35N5O5Si2/c1-8-9-10-16(27)23-21-24-19-18(20(28)25-21)22-13-26(19)17-11-14(31-33(5,6)7)15(30-17)12-29-32(2,3)4/h8,13-15,17H,1,9-12H2,2-7H3,(H2,23,24,25,27,28)/t14-,15+,17+/m0/s1. The predicted octanol–water partition coefficient (Wildman–Crippen LogP) is 3.38. The number of carbonyl (C=O) groups excluding carboxylic acids is 1. The summed E-state index contributed by atoms with van der Waals surface area (Å²) in [5.41, 5.74) is 0.109. The number of aromatic nitrogens is 4. The number of hydrogen-bond donors (Lipinski definition) is 2. The van der Waals surface area contributed by atoms with Crippen molar-refractivity contribution in [1.82, 2.24) is 19.5 Å². The van der Waals surface area contributed by atoms with E-state index in [1.807, 2.05) is 0 Å². The van der Waals surface area contributed by atoms with Gasteiger partial charge in [-0.25, -0.2) is 4.98 Å². The molecule has 3 atom stereocenters. The van der Waals surface area contributed by atoms with Gasteiger partial charge in [-0.1, -0.05) is 6.08 Å². The number of rotatable bonds is 10. The van der Waals surface area contributed by atoms with E-state index in [0.29, 0.717) is 25.1 Å². The van der Waals surface area contributed by atoms with E-state index in [-0.39, 0.29) is 36.0 Å². The Morgan fingerprint density at radius 2 is 2.06 bits per heavy atom. The first-order valence-electron chi connectivity index (χ1n) is 11.2. The van der Waals surface area contributed by atoms with Gasteiger partial charge in [-0.2, -0.15) is 4.98 Å². The molecule has 12 heteroatoms. The van der Waals surface area contributed by atoms with Gasteiger partial charge in [-0.15, -0.1) is 6.58 Å². The Balaban J connectivity index is 1.87. The Morgan fingerprint density at radius 3 is 2.70 bits per heavy atom. The van der Waals surface area contributed by atoms with Crippen LogP contribution < -0.4 is 10.9 Å². The van der Waals surface area contributed by atoms with E-state index >= 15 is 0 Å². The summed E-state index contributed by atoms with van der Waals surface area (Å²) in [4.78, 5) is 35.9. The molecule has 2 N–H and O–H groups in total. The third-order valence-electron chi connectivity index (χ3n) is 4.94. The maximum atomic E-state index is 12.5. The van der Waals surface area contributed by atoms with Gasteiger partial charge in [-0.3, -0.25) is 24.5 Å². The molecule has 3 rings (SSSR count). The summed E-state index contributed by atoms with van der Waals surface area (Å²) >= 11 is 0. The molecule has 0 aliphatic carbocycles. The zero-order valence-corrected chi connectivity index (χ0v) is 22.3. The van der Waals surface area contributed by atoms with Crippen LogP contribution in [0.15, 0.2) is 23.8 Å². The van der Waals surface area contributed by atoms with Crippen molar-refractivity contribution in [3.05, 3.63) is 29.3 Å². The normalized spacial score (nSPS) is 21.5. The fourth-order valence-corrected chi connectivity index (χ4v) is 5.38. The Bertz CT molecular complexity index is 1060. The maximum Gasteiger partial charge on any atom is 0.280 e. The summed E-state index contributed by atoms with van der Waals surface area (Å²) in [6.07, 6.45) is 3.81. The second-order valence-electron chi connectivity index (χ2n) is 10.2. The molecule has 10 nitrogen and oxygen atoms in total. The third-order valence-corrected chi connectivity index (χ3v) is 6.98. The van der Waals surface area contributed by atoms with Gasteiger partial charge in [0.15, 0.2) is 27.8 Å². The molecule has 33 heavy (non-hydrogen) atoms. The molecular weight excluding hydrogens is 458 g/mol. The monoisotopic (exact) mass is 493 g/mol. The van der Waals surface area contributed by atoms with Gasteiger partial charge < -0.3 is 13.6 Å². The number of hydrogen-bond acceptors (Lipinski definition) is 7. The average Bonchev–Trinajstić information content (AvgIpc) is 3.27.